The third-order valence-corrected chi connectivity index (χ3v) is 6.25. The second kappa shape index (κ2) is 6.44. The van der Waals surface area contributed by atoms with Crippen LogP contribution in [0.3, 0.4) is 0 Å². The average Bonchev–Trinajstić information content (AvgIpc) is 2.88. The van der Waals surface area contributed by atoms with Crippen LogP contribution >= 0.6 is 0 Å². The summed E-state index contributed by atoms with van der Waals surface area (Å²) in [6, 6.07) is 5.10. The van der Waals surface area contributed by atoms with Gasteiger partial charge in [-0.25, -0.2) is 18.2 Å². The summed E-state index contributed by atoms with van der Waals surface area (Å²) in [5, 5.41) is 13.2. The summed E-state index contributed by atoms with van der Waals surface area (Å²) >= 11 is 0. The summed E-state index contributed by atoms with van der Waals surface area (Å²) in [5.41, 5.74) is 1.18. The van der Waals surface area contributed by atoms with Gasteiger partial charge in [0, 0.05) is 29.1 Å². The highest BCUT2D eigenvalue weighted by Crippen LogP contribution is 2.29. The number of aryl methyl sites for hydroxylation is 1. The third kappa shape index (κ3) is 3.63. The predicted octanol–water partition coefficient (Wildman–Crippen LogP) is 2.00. The molecule has 1 amide bonds. The lowest BCUT2D eigenvalue weighted by molar-refractivity contribution is -0.116. The molecule has 1 unspecified atom stereocenters. The largest absolute Gasteiger partial charge is 0.476 e. The maximum Gasteiger partial charge on any atom is 0.355 e. The van der Waals surface area contributed by atoms with Crippen LogP contribution in [0.2, 0.25) is 0 Å². The summed E-state index contributed by atoms with van der Waals surface area (Å²) in [6.07, 6.45) is 2.02. The van der Waals surface area contributed by atoms with E-state index in [1.54, 1.807) is 25.1 Å². The van der Waals surface area contributed by atoms with Crippen molar-refractivity contribution < 1.29 is 23.1 Å². The van der Waals surface area contributed by atoms with Crippen molar-refractivity contribution in [3.8, 4) is 0 Å². The van der Waals surface area contributed by atoms with E-state index in [0.29, 0.717) is 22.9 Å². The summed E-state index contributed by atoms with van der Waals surface area (Å²) in [7, 11) is -3.02. The first-order valence-corrected chi connectivity index (χ1v) is 9.71. The zero-order chi connectivity index (χ0) is 18.2. The molecule has 0 bridgehead atoms. The van der Waals surface area contributed by atoms with Crippen molar-refractivity contribution in [2.75, 3.05) is 16.8 Å². The Kier molecular flexibility index (Phi) is 4.47. The number of carbonyl (C=O) groups is 2. The number of carboxylic acid groups (broad SMARTS) is 1. The molecule has 2 N–H and O–H groups in total. The minimum absolute atomic E-state index is 0.0438. The van der Waals surface area contributed by atoms with E-state index in [0.717, 1.165) is 5.56 Å². The maximum absolute atomic E-state index is 12.3. The van der Waals surface area contributed by atoms with Crippen molar-refractivity contribution in [3.63, 3.8) is 0 Å². The number of sulfone groups is 1. The first kappa shape index (κ1) is 17.3. The molecule has 0 saturated carbocycles. The van der Waals surface area contributed by atoms with Crippen molar-refractivity contribution in [3.05, 3.63) is 35.7 Å². The molecule has 25 heavy (non-hydrogen) atoms. The van der Waals surface area contributed by atoms with E-state index in [1.807, 2.05) is 0 Å². The fraction of sp³-hybridized carbons (Fsp3) is 0.353. The van der Waals surface area contributed by atoms with Gasteiger partial charge < -0.3 is 10.4 Å². The van der Waals surface area contributed by atoms with Crippen LogP contribution in [0.4, 0.5) is 5.69 Å². The van der Waals surface area contributed by atoms with Gasteiger partial charge in [0.15, 0.2) is 15.5 Å². The number of anilines is 1. The Morgan fingerprint density at radius 3 is 2.72 bits per heavy atom. The molecular formula is C17H18N2O5S. The molecule has 2 heterocycles. The van der Waals surface area contributed by atoms with Crippen molar-refractivity contribution in [2.24, 2.45) is 5.92 Å². The van der Waals surface area contributed by atoms with Crippen molar-refractivity contribution in [1.29, 1.82) is 0 Å². The van der Waals surface area contributed by atoms with Gasteiger partial charge in [0.2, 0.25) is 5.91 Å². The van der Waals surface area contributed by atoms with Gasteiger partial charge in [-0.05, 0) is 37.0 Å². The molecule has 132 valence electrons. The van der Waals surface area contributed by atoms with Gasteiger partial charge in [-0.1, -0.05) is 6.07 Å². The Bertz CT molecular complexity index is 968. The normalized spacial score (nSPS) is 19.0. The van der Waals surface area contributed by atoms with E-state index >= 15 is 0 Å². The van der Waals surface area contributed by atoms with Crippen LogP contribution in [0, 0.1) is 12.8 Å². The number of nitrogens with one attached hydrogen (secondary N) is 1. The number of carbonyl (C=O) groups excluding carboxylic acids is 1. The van der Waals surface area contributed by atoms with E-state index < -0.39 is 15.8 Å². The van der Waals surface area contributed by atoms with E-state index in [9.17, 15) is 23.1 Å². The third-order valence-electron chi connectivity index (χ3n) is 4.41. The summed E-state index contributed by atoms with van der Waals surface area (Å²) in [6.45, 7) is 1.78. The maximum atomic E-state index is 12.3. The molecule has 0 spiro atoms. The van der Waals surface area contributed by atoms with Crippen LogP contribution in [0.5, 0.6) is 0 Å². The minimum Gasteiger partial charge on any atom is -0.476 e. The van der Waals surface area contributed by atoms with Gasteiger partial charge in [-0.2, -0.15) is 0 Å². The number of benzene rings is 1. The van der Waals surface area contributed by atoms with Gasteiger partial charge in [0.1, 0.15) is 0 Å². The first-order chi connectivity index (χ1) is 11.8. The molecule has 1 aliphatic heterocycles. The van der Waals surface area contributed by atoms with Gasteiger partial charge in [0.25, 0.3) is 0 Å². The van der Waals surface area contributed by atoms with E-state index in [4.69, 9.17) is 0 Å². The highest BCUT2D eigenvalue weighted by Gasteiger charge is 2.29. The molecule has 1 aromatic heterocycles. The van der Waals surface area contributed by atoms with Gasteiger partial charge in [0.05, 0.1) is 11.5 Å². The molecular weight excluding hydrogens is 344 g/mol. The molecule has 3 rings (SSSR count). The summed E-state index contributed by atoms with van der Waals surface area (Å²) in [5.74, 6) is -1.40. The summed E-state index contributed by atoms with van der Waals surface area (Å²) < 4.78 is 23.0. The van der Waals surface area contributed by atoms with Gasteiger partial charge >= 0.3 is 5.97 Å². The average molecular weight is 362 g/mol. The number of hydrogen-bond donors (Lipinski definition) is 2. The van der Waals surface area contributed by atoms with Crippen molar-refractivity contribution >= 4 is 38.2 Å². The molecule has 1 fully saturated rings. The van der Waals surface area contributed by atoms with Crippen LogP contribution in [0.15, 0.2) is 24.4 Å². The standard InChI is InChI=1S/C17H18N2O5S/c1-10-2-3-13(12-4-6-18-16(15(10)12)17(21)22)19-14(20)8-11-5-7-25(23,24)9-11/h2-4,6,11H,5,7-9H2,1H3,(H,19,20)(H,21,22). The monoisotopic (exact) mass is 362 g/mol. The van der Waals surface area contributed by atoms with Gasteiger partial charge in [-0.3, -0.25) is 4.79 Å². The molecule has 0 aliphatic carbocycles. The Morgan fingerprint density at radius 1 is 1.32 bits per heavy atom. The fourth-order valence-electron chi connectivity index (χ4n) is 3.23. The highest BCUT2D eigenvalue weighted by molar-refractivity contribution is 7.91. The topological polar surface area (TPSA) is 113 Å². The molecule has 1 atom stereocenters. The lowest BCUT2D eigenvalue weighted by Gasteiger charge is -2.13. The first-order valence-electron chi connectivity index (χ1n) is 7.89. The van der Waals surface area contributed by atoms with Crippen LogP contribution in [-0.4, -0.2) is 41.9 Å². The smallest absolute Gasteiger partial charge is 0.355 e. The second-order valence-corrected chi connectivity index (χ2v) is 8.57. The number of hydrogen-bond acceptors (Lipinski definition) is 5. The predicted molar refractivity (Wildman–Crippen MR) is 93.4 cm³/mol. The number of amides is 1. The van der Waals surface area contributed by atoms with Crippen LogP contribution in [0.1, 0.15) is 28.9 Å². The molecule has 0 radical (unpaired) electrons. The minimum atomic E-state index is -3.02. The Hall–Kier alpha value is -2.48. The highest BCUT2D eigenvalue weighted by atomic mass is 32.2. The SMILES string of the molecule is Cc1ccc(NC(=O)CC2CCS(=O)(=O)C2)c2ccnc(C(=O)O)c12. The number of carboxylic acids is 1. The number of aromatic nitrogens is 1. The molecule has 2 aromatic rings. The van der Waals surface area contributed by atoms with Crippen LogP contribution in [0.25, 0.3) is 10.8 Å². The zero-order valence-electron chi connectivity index (χ0n) is 13.7. The Balaban J connectivity index is 1.87. The quantitative estimate of drug-likeness (QED) is 0.860. The van der Waals surface area contributed by atoms with E-state index in [2.05, 4.69) is 10.3 Å². The molecule has 1 aromatic carbocycles. The second-order valence-electron chi connectivity index (χ2n) is 6.34. The number of nitrogens with zero attached hydrogens (tertiary/aromatic N) is 1. The molecule has 8 heteroatoms. The number of fused-ring (bicyclic) bond motifs is 1. The lowest BCUT2D eigenvalue weighted by atomic mass is 10.0. The van der Waals surface area contributed by atoms with E-state index in [-0.39, 0.29) is 35.4 Å². The fourth-order valence-corrected chi connectivity index (χ4v) is 5.10. The van der Waals surface area contributed by atoms with Gasteiger partial charge in [-0.15, -0.1) is 0 Å². The number of rotatable bonds is 4. The zero-order valence-corrected chi connectivity index (χ0v) is 14.5. The lowest BCUT2D eigenvalue weighted by Crippen LogP contribution is -2.17. The Morgan fingerprint density at radius 2 is 2.08 bits per heavy atom. The molecule has 1 saturated heterocycles. The number of pyridine rings is 1. The van der Waals surface area contributed by atoms with Crippen molar-refractivity contribution in [1.82, 2.24) is 4.98 Å². The molecule has 7 nitrogen and oxygen atoms in total. The summed E-state index contributed by atoms with van der Waals surface area (Å²) in [4.78, 5) is 27.6. The number of aromatic carboxylic acids is 1. The van der Waals surface area contributed by atoms with Crippen molar-refractivity contribution in [2.45, 2.75) is 19.8 Å². The van der Waals surface area contributed by atoms with Crippen LogP contribution < -0.4 is 5.32 Å². The Labute approximate surface area is 145 Å². The molecule has 1 aliphatic rings. The van der Waals surface area contributed by atoms with Crippen LogP contribution in [-0.2, 0) is 14.6 Å². The van der Waals surface area contributed by atoms with E-state index in [1.165, 1.54) is 6.20 Å².